The van der Waals surface area contributed by atoms with Crippen LogP contribution in [-0.2, 0) is 12.3 Å². The van der Waals surface area contributed by atoms with Crippen molar-refractivity contribution in [3.05, 3.63) is 193 Å². The largest absolute Gasteiger partial charge is 0.309 e. The zero-order chi connectivity index (χ0) is 29.1. The van der Waals surface area contributed by atoms with Crippen molar-refractivity contribution in [2.24, 2.45) is 0 Å². The van der Waals surface area contributed by atoms with Crippen molar-refractivity contribution in [1.82, 2.24) is 0 Å². The van der Waals surface area contributed by atoms with Crippen molar-refractivity contribution in [1.29, 1.82) is 10.3 Å². The highest BCUT2D eigenvalue weighted by molar-refractivity contribution is 7.79. The molecule has 0 aliphatic carbocycles. The summed E-state index contributed by atoms with van der Waals surface area (Å²) in [4.78, 5) is 0. The number of hydrogen-bond donors (Lipinski definition) is 2. The molecule has 224 valence electrons. The Bertz CT molecular complexity index is 1530. The van der Waals surface area contributed by atoms with Gasteiger partial charge in [-0.3, -0.25) is 0 Å². The van der Waals surface area contributed by atoms with Crippen molar-refractivity contribution < 1.29 is 0 Å². The third-order valence-corrected chi connectivity index (χ3v) is 13.7. The lowest BCUT2D eigenvalue weighted by Gasteiger charge is -2.23. The number of nitrogens with one attached hydrogen (secondary N) is 2. The first-order valence-electron chi connectivity index (χ1n) is 14.1. The predicted molar refractivity (Wildman–Crippen MR) is 198 cm³/mol. The van der Waals surface area contributed by atoms with Crippen molar-refractivity contribution in [2.75, 3.05) is 0 Å². The number of rotatable bonds is 8. The van der Waals surface area contributed by atoms with E-state index in [0.717, 1.165) is 33.5 Å². The summed E-state index contributed by atoms with van der Waals surface area (Å²) in [6, 6.07) is 61.8. The van der Waals surface area contributed by atoms with Crippen molar-refractivity contribution in [3.63, 3.8) is 0 Å². The van der Waals surface area contributed by atoms with E-state index in [-0.39, 0.29) is 24.8 Å². The average Bonchev–Trinajstić information content (AvgIpc) is 3.07. The Morgan fingerprint density at radius 3 is 0.682 bits per heavy atom. The highest BCUT2D eigenvalue weighted by Crippen LogP contribution is 2.48. The quantitative estimate of drug-likeness (QED) is 0.153. The highest BCUT2D eigenvalue weighted by Gasteiger charge is 2.23. The summed E-state index contributed by atoms with van der Waals surface area (Å²) >= 11 is 0. The lowest BCUT2D eigenvalue weighted by atomic mass is 10.2. The summed E-state index contributed by atoms with van der Waals surface area (Å²) in [6.45, 7) is 0. The lowest BCUT2D eigenvalue weighted by Crippen LogP contribution is -2.16. The lowest BCUT2D eigenvalue weighted by molar-refractivity contribution is 1.37. The Hall–Kier alpha value is -3.64. The minimum absolute atomic E-state index is 0. The molecule has 6 aromatic rings. The second kappa shape index (κ2) is 17.0. The van der Waals surface area contributed by atoms with Crippen LogP contribution in [0.1, 0.15) is 11.1 Å². The van der Waals surface area contributed by atoms with E-state index in [1.165, 1.54) is 11.1 Å². The zero-order valence-electron chi connectivity index (χ0n) is 24.4. The fourth-order valence-corrected chi connectivity index (χ4v) is 10.7. The number of hydrogen-bond acceptors (Lipinski definition) is 2. The van der Waals surface area contributed by atoms with Gasteiger partial charge in [0.15, 0.2) is 0 Å². The van der Waals surface area contributed by atoms with Crippen LogP contribution in [0, 0.1) is 10.3 Å². The van der Waals surface area contributed by atoms with Gasteiger partial charge in [0.2, 0.25) is 0 Å². The van der Waals surface area contributed by atoms with E-state index in [2.05, 4.69) is 97.1 Å². The van der Waals surface area contributed by atoms with Crippen LogP contribution in [0.5, 0.6) is 0 Å². The van der Waals surface area contributed by atoms with Gasteiger partial charge < -0.3 is 10.3 Å². The van der Waals surface area contributed by atoms with Gasteiger partial charge in [-0.1, -0.05) is 182 Å². The molecule has 0 radical (unpaired) electrons. The fraction of sp³-hybridized carbons (Fsp3) is 0.0526. The highest BCUT2D eigenvalue weighted by atomic mass is 35.5. The molecule has 0 aromatic heterocycles. The van der Waals surface area contributed by atoms with Crippen LogP contribution < -0.4 is 21.2 Å². The van der Waals surface area contributed by atoms with Crippen molar-refractivity contribution >= 4 is 60.1 Å². The average molecular weight is 656 g/mol. The summed E-state index contributed by atoms with van der Waals surface area (Å²) in [5.41, 5.74) is 2.46. The van der Waals surface area contributed by atoms with E-state index >= 15 is 0 Å². The summed E-state index contributed by atoms with van der Waals surface area (Å²) in [5.74, 6) is 0. The molecule has 0 aliphatic rings. The predicted octanol–water partition coefficient (Wildman–Crippen LogP) is 10.1. The SMILES string of the molecule is Cl.Cl.N=P(Cc1ccccc1)(c1ccccc1)c1ccccc1.N=P(Cc1ccccc1)(c1ccccc1)c1ccccc1. The molecule has 0 bridgehead atoms. The molecular weight excluding hydrogens is 617 g/mol. The fourth-order valence-electron chi connectivity index (χ4n) is 5.11. The Morgan fingerprint density at radius 2 is 0.477 bits per heavy atom. The van der Waals surface area contributed by atoms with Crippen LogP contribution in [-0.4, -0.2) is 0 Å². The van der Waals surface area contributed by atoms with Gasteiger partial charge in [-0.15, -0.1) is 24.8 Å². The van der Waals surface area contributed by atoms with Crippen LogP contribution in [0.15, 0.2) is 182 Å². The Labute approximate surface area is 274 Å². The summed E-state index contributed by atoms with van der Waals surface area (Å²) in [7, 11) is -4.29. The van der Waals surface area contributed by atoms with E-state index < -0.39 is 14.1 Å². The summed E-state index contributed by atoms with van der Waals surface area (Å²) in [6.07, 6.45) is 1.56. The van der Waals surface area contributed by atoms with E-state index in [1.54, 1.807) is 0 Å². The first-order chi connectivity index (χ1) is 20.6. The minimum atomic E-state index is -2.15. The second-order valence-corrected chi connectivity index (χ2v) is 16.2. The smallest absolute Gasteiger partial charge is 0.0279 e. The van der Waals surface area contributed by atoms with Gasteiger partial charge in [0.25, 0.3) is 0 Å². The van der Waals surface area contributed by atoms with Crippen molar-refractivity contribution in [3.8, 4) is 0 Å². The molecule has 0 saturated carbocycles. The monoisotopic (exact) mass is 654 g/mol. The first-order valence-corrected chi connectivity index (χ1v) is 18.1. The van der Waals surface area contributed by atoms with Gasteiger partial charge in [0, 0.05) is 26.4 Å². The molecule has 44 heavy (non-hydrogen) atoms. The maximum Gasteiger partial charge on any atom is 0.0279 e. The molecule has 0 unspecified atom stereocenters. The Morgan fingerprint density at radius 1 is 0.295 bits per heavy atom. The summed E-state index contributed by atoms with van der Waals surface area (Å²) < 4.78 is 0. The number of halogens is 2. The van der Waals surface area contributed by atoms with Crippen molar-refractivity contribution in [2.45, 2.75) is 12.3 Å². The third kappa shape index (κ3) is 8.72. The molecule has 6 heteroatoms. The van der Waals surface area contributed by atoms with E-state index in [9.17, 15) is 10.3 Å². The molecule has 0 spiro atoms. The maximum atomic E-state index is 9.25. The van der Waals surface area contributed by atoms with Gasteiger partial charge in [-0.05, 0) is 32.3 Å². The molecule has 0 saturated heterocycles. The normalized spacial score (nSPS) is 10.7. The van der Waals surface area contributed by atoms with Crippen LogP contribution in [0.25, 0.3) is 0 Å². The second-order valence-electron chi connectivity index (χ2n) is 10.2. The van der Waals surface area contributed by atoms with Crippen LogP contribution in [0.2, 0.25) is 0 Å². The third-order valence-electron chi connectivity index (χ3n) is 7.31. The maximum absolute atomic E-state index is 9.25. The molecular formula is C38H38Cl2N2P2. The van der Waals surface area contributed by atoms with Gasteiger partial charge in [0.05, 0.1) is 0 Å². The molecule has 0 aliphatic heterocycles. The molecule has 6 rings (SSSR count). The Kier molecular flexibility index (Phi) is 13.5. The molecule has 2 nitrogen and oxygen atoms in total. The van der Waals surface area contributed by atoms with Gasteiger partial charge in [-0.2, -0.15) is 0 Å². The number of benzene rings is 6. The zero-order valence-corrected chi connectivity index (χ0v) is 27.9. The molecule has 0 heterocycles. The molecule has 0 fully saturated rings. The standard InChI is InChI=1S/2C19H18NP.2ClH/c2*20-21(18-12-6-2-7-13-18,19-14-8-3-9-15-19)16-17-10-4-1-5-11-17;;/h2*1-15,20H,16H2;2*1H. The van der Waals surface area contributed by atoms with Crippen LogP contribution in [0.3, 0.4) is 0 Å². The van der Waals surface area contributed by atoms with E-state index in [4.69, 9.17) is 0 Å². The minimum Gasteiger partial charge on any atom is -0.309 e. The van der Waals surface area contributed by atoms with Crippen LogP contribution in [0.4, 0.5) is 0 Å². The summed E-state index contributed by atoms with van der Waals surface area (Å²) in [5, 5.41) is 23.1. The Balaban J connectivity index is 0.000000230. The first kappa shape index (κ1) is 34.8. The van der Waals surface area contributed by atoms with Gasteiger partial charge >= 0.3 is 0 Å². The van der Waals surface area contributed by atoms with Gasteiger partial charge in [-0.25, -0.2) is 0 Å². The molecule has 0 atom stereocenters. The van der Waals surface area contributed by atoms with Gasteiger partial charge in [0.1, 0.15) is 0 Å². The topological polar surface area (TPSA) is 47.7 Å². The molecule has 0 amide bonds. The van der Waals surface area contributed by atoms with E-state index in [1.807, 2.05) is 84.9 Å². The molecule has 6 aromatic carbocycles. The van der Waals surface area contributed by atoms with E-state index in [0.29, 0.717) is 0 Å². The van der Waals surface area contributed by atoms with Crippen LogP contribution >= 0.6 is 38.9 Å². The molecule has 2 N–H and O–H groups in total.